The van der Waals surface area contributed by atoms with Gasteiger partial charge in [0, 0.05) is 18.5 Å². The van der Waals surface area contributed by atoms with E-state index < -0.39 is 6.10 Å². The maximum atomic E-state index is 11.7. The van der Waals surface area contributed by atoms with E-state index in [1.54, 1.807) is 25.3 Å². The number of hydrogen-bond acceptors (Lipinski definition) is 5. The summed E-state index contributed by atoms with van der Waals surface area (Å²) in [4.78, 5) is 14.0. The van der Waals surface area contributed by atoms with Gasteiger partial charge in [0.1, 0.15) is 12.7 Å². The molecule has 1 aromatic rings. The van der Waals surface area contributed by atoms with E-state index in [1.807, 2.05) is 6.92 Å². The molecule has 0 amide bonds. The zero-order valence-corrected chi connectivity index (χ0v) is 14.1. The molecule has 1 aliphatic heterocycles. The second-order valence-electron chi connectivity index (χ2n) is 5.97. The highest BCUT2D eigenvalue weighted by atomic mass is 16.5. The SMILES string of the molecule is CCC(=O)c1ccc(OCC(O)CN2CCCCC2)c(OC)c1. The summed E-state index contributed by atoms with van der Waals surface area (Å²) in [6.45, 7) is 4.78. The van der Waals surface area contributed by atoms with E-state index in [1.165, 1.54) is 19.3 Å². The average molecular weight is 321 g/mol. The summed E-state index contributed by atoms with van der Waals surface area (Å²) in [6, 6.07) is 5.16. The number of likely N-dealkylation sites (tertiary alicyclic amines) is 1. The Morgan fingerprint density at radius 1 is 1.26 bits per heavy atom. The Morgan fingerprint density at radius 2 is 2.00 bits per heavy atom. The van der Waals surface area contributed by atoms with E-state index in [4.69, 9.17) is 9.47 Å². The molecule has 0 aliphatic carbocycles. The number of β-amino-alcohol motifs (C(OH)–C–C–N with tert-alkyl or cyclic N) is 1. The molecule has 0 spiro atoms. The molecule has 23 heavy (non-hydrogen) atoms. The molecule has 1 N–H and O–H groups in total. The van der Waals surface area contributed by atoms with Crippen LogP contribution in [0.4, 0.5) is 0 Å². The summed E-state index contributed by atoms with van der Waals surface area (Å²) in [6.07, 6.45) is 3.61. The van der Waals surface area contributed by atoms with Crippen LogP contribution < -0.4 is 9.47 Å². The number of piperidine rings is 1. The van der Waals surface area contributed by atoms with Gasteiger partial charge in [0.15, 0.2) is 17.3 Å². The summed E-state index contributed by atoms with van der Waals surface area (Å²) in [7, 11) is 1.55. The third-order valence-electron chi connectivity index (χ3n) is 4.16. The van der Waals surface area contributed by atoms with Crippen molar-refractivity contribution in [1.82, 2.24) is 4.90 Å². The van der Waals surface area contributed by atoms with Gasteiger partial charge in [-0.15, -0.1) is 0 Å². The zero-order chi connectivity index (χ0) is 16.7. The van der Waals surface area contributed by atoms with Gasteiger partial charge in [-0.3, -0.25) is 4.79 Å². The molecule has 1 atom stereocenters. The second-order valence-corrected chi connectivity index (χ2v) is 5.97. The molecule has 2 rings (SSSR count). The van der Waals surface area contributed by atoms with Crippen LogP contribution in [0.25, 0.3) is 0 Å². The van der Waals surface area contributed by atoms with Crippen LogP contribution in [0.3, 0.4) is 0 Å². The highest BCUT2D eigenvalue weighted by molar-refractivity contribution is 5.96. The van der Waals surface area contributed by atoms with E-state index in [2.05, 4.69) is 4.90 Å². The van der Waals surface area contributed by atoms with Crippen LogP contribution in [0.1, 0.15) is 43.0 Å². The number of aliphatic hydroxyl groups excluding tert-OH is 1. The molecule has 0 bridgehead atoms. The summed E-state index contributed by atoms with van der Waals surface area (Å²) in [5.74, 6) is 1.15. The largest absolute Gasteiger partial charge is 0.493 e. The molecule has 1 aliphatic rings. The van der Waals surface area contributed by atoms with Gasteiger partial charge in [0.2, 0.25) is 0 Å². The first-order chi connectivity index (χ1) is 11.1. The van der Waals surface area contributed by atoms with Crippen molar-refractivity contribution in [2.75, 3.05) is 33.4 Å². The Hall–Kier alpha value is -1.59. The highest BCUT2D eigenvalue weighted by Gasteiger charge is 2.16. The molecule has 128 valence electrons. The Bertz CT molecular complexity index is 512. The second kappa shape index (κ2) is 8.89. The Labute approximate surface area is 138 Å². The zero-order valence-electron chi connectivity index (χ0n) is 14.1. The van der Waals surface area contributed by atoms with Crippen molar-refractivity contribution in [2.24, 2.45) is 0 Å². The predicted octanol–water partition coefficient (Wildman–Crippen LogP) is 2.51. The molecule has 0 radical (unpaired) electrons. The number of carbonyl (C=O) groups excluding carboxylic acids is 1. The van der Waals surface area contributed by atoms with Crippen LogP contribution in [0.15, 0.2) is 18.2 Å². The molecule has 1 saturated heterocycles. The normalized spacial score (nSPS) is 16.8. The van der Waals surface area contributed by atoms with Crippen LogP contribution in [0.5, 0.6) is 11.5 Å². The first-order valence-electron chi connectivity index (χ1n) is 8.38. The van der Waals surface area contributed by atoms with Gasteiger partial charge < -0.3 is 19.5 Å². The van der Waals surface area contributed by atoms with Crippen molar-refractivity contribution in [2.45, 2.75) is 38.7 Å². The molecule has 1 heterocycles. The third-order valence-corrected chi connectivity index (χ3v) is 4.16. The minimum absolute atomic E-state index is 0.0694. The predicted molar refractivity (Wildman–Crippen MR) is 89.4 cm³/mol. The van der Waals surface area contributed by atoms with Gasteiger partial charge in [-0.2, -0.15) is 0 Å². The summed E-state index contributed by atoms with van der Waals surface area (Å²) < 4.78 is 11.0. The van der Waals surface area contributed by atoms with E-state index in [0.717, 1.165) is 13.1 Å². The number of ether oxygens (including phenoxy) is 2. The lowest BCUT2D eigenvalue weighted by molar-refractivity contribution is 0.0608. The van der Waals surface area contributed by atoms with Crippen LogP contribution in [0.2, 0.25) is 0 Å². The van der Waals surface area contributed by atoms with Gasteiger partial charge in [-0.05, 0) is 44.1 Å². The van der Waals surface area contributed by atoms with E-state index in [0.29, 0.717) is 30.0 Å². The number of carbonyl (C=O) groups is 1. The Kier molecular flexibility index (Phi) is 6.86. The maximum absolute atomic E-state index is 11.7. The molecule has 0 saturated carbocycles. The van der Waals surface area contributed by atoms with Crippen LogP contribution in [0, 0.1) is 0 Å². The summed E-state index contributed by atoms with van der Waals surface area (Å²) in [5, 5.41) is 10.1. The minimum atomic E-state index is -0.533. The highest BCUT2D eigenvalue weighted by Crippen LogP contribution is 2.28. The molecule has 1 fully saturated rings. The lowest BCUT2D eigenvalue weighted by Gasteiger charge is -2.28. The molecule has 5 nitrogen and oxygen atoms in total. The molecular formula is C18H27NO4. The topological polar surface area (TPSA) is 59.0 Å². The first-order valence-corrected chi connectivity index (χ1v) is 8.38. The maximum Gasteiger partial charge on any atom is 0.162 e. The number of aliphatic hydroxyl groups is 1. The monoisotopic (exact) mass is 321 g/mol. The van der Waals surface area contributed by atoms with Crippen molar-refractivity contribution in [3.05, 3.63) is 23.8 Å². The van der Waals surface area contributed by atoms with Crippen molar-refractivity contribution >= 4 is 5.78 Å². The third kappa shape index (κ3) is 5.22. The average Bonchev–Trinajstić information content (AvgIpc) is 2.60. The fourth-order valence-electron chi connectivity index (χ4n) is 2.84. The smallest absolute Gasteiger partial charge is 0.162 e. The Morgan fingerprint density at radius 3 is 2.65 bits per heavy atom. The molecular weight excluding hydrogens is 294 g/mol. The number of rotatable bonds is 8. The van der Waals surface area contributed by atoms with Gasteiger partial charge in [-0.25, -0.2) is 0 Å². The van der Waals surface area contributed by atoms with Gasteiger partial charge in [0.25, 0.3) is 0 Å². The quantitative estimate of drug-likeness (QED) is 0.746. The van der Waals surface area contributed by atoms with Crippen molar-refractivity contribution < 1.29 is 19.4 Å². The van der Waals surface area contributed by atoms with Crippen LogP contribution >= 0.6 is 0 Å². The number of hydrogen-bond donors (Lipinski definition) is 1. The van der Waals surface area contributed by atoms with E-state index in [-0.39, 0.29) is 12.4 Å². The number of Topliss-reactive ketones (excluding diaryl/α,β-unsaturated/α-hetero) is 1. The van der Waals surface area contributed by atoms with Crippen molar-refractivity contribution in [3.8, 4) is 11.5 Å². The van der Waals surface area contributed by atoms with Gasteiger partial charge >= 0.3 is 0 Å². The number of methoxy groups -OCH3 is 1. The number of ketones is 1. The molecule has 0 aromatic heterocycles. The molecule has 1 unspecified atom stereocenters. The van der Waals surface area contributed by atoms with Crippen LogP contribution in [-0.4, -0.2) is 55.2 Å². The van der Waals surface area contributed by atoms with Crippen molar-refractivity contribution in [1.29, 1.82) is 0 Å². The summed E-state index contributed by atoms with van der Waals surface area (Å²) in [5.41, 5.74) is 0.616. The first kappa shape index (κ1) is 17.8. The lowest BCUT2D eigenvalue weighted by Crippen LogP contribution is -2.38. The van der Waals surface area contributed by atoms with Gasteiger partial charge in [0.05, 0.1) is 7.11 Å². The fraction of sp³-hybridized carbons (Fsp3) is 0.611. The molecule has 5 heteroatoms. The van der Waals surface area contributed by atoms with E-state index >= 15 is 0 Å². The Balaban J connectivity index is 1.90. The van der Waals surface area contributed by atoms with Crippen molar-refractivity contribution in [3.63, 3.8) is 0 Å². The molecule has 1 aromatic carbocycles. The minimum Gasteiger partial charge on any atom is -0.493 e. The number of nitrogens with zero attached hydrogens (tertiary/aromatic N) is 1. The standard InChI is InChI=1S/C18H27NO4/c1-3-16(21)14-7-8-17(18(11-14)22-2)23-13-15(20)12-19-9-5-4-6-10-19/h7-8,11,15,20H,3-6,9-10,12-13H2,1-2H3. The van der Waals surface area contributed by atoms with Crippen LogP contribution in [-0.2, 0) is 0 Å². The van der Waals surface area contributed by atoms with Gasteiger partial charge in [-0.1, -0.05) is 13.3 Å². The summed E-state index contributed by atoms with van der Waals surface area (Å²) >= 11 is 0. The fourth-order valence-corrected chi connectivity index (χ4v) is 2.84. The number of benzene rings is 1. The lowest BCUT2D eigenvalue weighted by atomic mass is 10.1. The van der Waals surface area contributed by atoms with E-state index in [9.17, 15) is 9.90 Å².